The van der Waals surface area contributed by atoms with Crippen molar-refractivity contribution in [2.24, 2.45) is 0 Å². The molecule has 0 fully saturated rings. The number of carboxylic acid groups (broad SMARTS) is 1. The lowest BCUT2D eigenvalue weighted by molar-refractivity contribution is -0.128. The zero-order valence-electron chi connectivity index (χ0n) is 10.6. The Morgan fingerprint density at radius 2 is 2.11 bits per heavy atom. The van der Waals surface area contributed by atoms with Crippen molar-refractivity contribution in [2.45, 2.75) is 13.5 Å². The summed E-state index contributed by atoms with van der Waals surface area (Å²) >= 11 is 0. The first-order chi connectivity index (χ1) is 8.54. The number of carboxylic acids is 1. The third-order valence-corrected chi connectivity index (χ3v) is 2.68. The maximum atomic E-state index is 11.5. The standard InChI is InChI=1S/C13H18N2O3/c1-3-15(2)12(16)9-14-8-10-5-4-6-11(7-10)13(17)18/h4-7,14H,3,8-9H2,1-2H3,(H,17,18). The first kappa shape index (κ1) is 14.2. The van der Waals surface area contributed by atoms with Gasteiger partial charge in [-0.25, -0.2) is 4.79 Å². The molecule has 0 aliphatic carbocycles. The Morgan fingerprint density at radius 1 is 1.39 bits per heavy atom. The molecule has 0 atom stereocenters. The second-order valence-electron chi connectivity index (χ2n) is 4.02. The maximum Gasteiger partial charge on any atom is 0.335 e. The Hall–Kier alpha value is -1.88. The molecular formula is C13H18N2O3. The molecule has 0 unspecified atom stereocenters. The Morgan fingerprint density at radius 3 is 2.72 bits per heavy atom. The second kappa shape index (κ2) is 6.76. The fourth-order valence-electron chi connectivity index (χ4n) is 1.44. The van der Waals surface area contributed by atoms with Crippen molar-refractivity contribution < 1.29 is 14.7 Å². The highest BCUT2D eigenvalue weighted by atomic mass is 16.4. The van der Waals surface area contributed by atoms with Gasteiger partial charge in [-0.3, -0.25) is 4.79 Å². The number of aromatic carboxylic acids is 1. The fraction of sp³-hybridized carbons (Fsp3) is 0.385. The lowest BCUT2D eigenvalue weighted by Gasteiger charge is -2.14. The third-order valence-electron chi connectivity index (χ3n) is 2.68. The Balaban J connectivity index is 2.47. The van der Waals surface area contributed by atoms with Crippen LogP contribution in [0.3, 0.4) is 0 Å². The van der Waals surface area contributed by atoms with Crippen LogP contribution in [0.25, 0.3) is 0 Å². The number of benzene rings is 1. The van der Waals surface area contributed by atoms with Crippen LogP contribution in [0.2, 0.25) is 0 Å². The molecule has 0 spiro atoms. The topological polar surface area (TPSA) is 69.6 Å². The van der Waals surface area contributed by atoms with E-state index in [9.17, 15) is 9.59 Å². The van der Waals surface area contributed by atoms with Gasteiger partial charge < -0.3 is 15.3 Å². The SMILES string of the molecule is CCN(C)C(=O)CNCc1cccc(C(=O)O)c1. The highest BCUT2D eigenvalue weighted by Gasteiger charge is 2.06. The first-order valence-corrected chi connectivity index (χ1v) is 5.81. The van der Waals surface area contributed by atoms with Gasteiger partial charge in [0.1, 0.15) is 0 Å². The highest BCUT2D eigenvalue weighted by molar-refractivity contribution is 5.87. The molecule has 5 nitrogen and oxygen atoms in total. The summed E-state index contributed by atoms with van der Waals surface area (Å²) in [6, 6.07) is 6.67. The number of carbonyl (C=O) groups is 2. The summed E-state index contributed by atoms with van der Waals surface area (Å²) in [6.45, 7) is 3.31. The van der Waals surface area contributed by atoms with Gasteiger partial charge in [-0.2, -0.15) is 0 Å². The summed E-state index contributed by atoms with van der Waals surface area (Å²) in [7, 11) is 1.75. The summed E-state index contributed by atoms with van der Waals surface area (Å²) < 4.78 is 0. The molecule has 0 aromatic heterocycles. The van der Waals surface area contributed by atoms with E-state index in [2.05, 4.69) is 5.32 Å². The molecule has 1 aromatic rings. The van der Waals surface area contributed by atoms with Crippen LogP contribution >= 0.6 is 0 Å². The van der Waals surface area contributed by atoms with E-state index in [0.29, 0.717) is 13.1 Å². The van der Waals surface area contributed by atoms with Gasteiger partial charge in [0, 0.05) is 20.1 Å². The Kier molecular flexibility index (Phi) is 5.32. The van der Waals surface area contributed by atoms with Crippen molar-refractivity contribution in [3.05, 3.63) is 35.4 Å². The molecule has 0 radical (unpaired) electrons. The van der Waals surface area contributed by atoms with Gasteiger partial charge in [-0.1, -0.05) is 12.1 Å². The molecule has 98 valence electrons. The first-order valence-electron chi connectivity index (χ1n) is 5.81. The average Bonchev–Trinajstić information content (AvgIpc) is 2.38. The summed E-state index contributed by atoms with van der Waals surface area (Å²) in [5.74, 6) is -0.925. The van der Waals surface area contributed by atoms with E-state index < -0.39 is 5.97 Å². The summed E-state index contributed by atoms with van der Waals surface area (Å²) in [6.07, 6.45) is 0. The molecule has 0 saturated carbocycles. The van der Waals surface area contributed by atoms with E-state index in [1.54, 1.807) is 30.1 Å². The van der Waals surface area contributed by atoms with E-state index in [0.717, 1.165) is 5.56 Å². The maximum absolute atomic E-state index is 11.5. The molecule has 5 heteroatoms. The number of carbonyl (C=O) groups excluding carboxylic acids is 1. The van der Waals surface area contributed by atoms with E-state index in [-0.39, 0.29) is 18.0 Å². The van der Waals surface area contributed by atoms with Gasteiger partial charge in [-0.15, -0.1) is 0 Å². The average molecular weight is 250 g/mol. The number of rotatable bonds is 6. The van der Waals surface area contributed by atoms with E-state index >= 15 is 0 Å². The fourth-order valence-corrected chi connectivity index (χ4v) is 1.44. The number of nitrogens with one attached hydrogen (secondary N) is 1. The van der Waals surface area contributed by atoms with E-state index in [1.807, 2.05) is 13.0 Å². The molecule has 0 aliphatic rings. The lowest BCUT2D eigenvalue weighted by Crippen LogP contribution is -2.35. The third kappa shape index (κ3) is 4.18. The smallest absolute Gasteiger partial charge is 0.335 e. The van der Waals surface area contributed by atoms with Gasteiger partial charge >= 0.3 is 5.97 Å². The van der Waals surface area contributed by atoms with Crippen LogP contribution in [-0.2, 0) is 11.3 Å². The van der Waals surface area contributed by atoms with Crippen LogP contribution in [0.15, 0.2) is 24.3 Å². The van der Waals surface area contributed by atoms with Crippen LogP contribution in [0.5, 0.6) is 0 Å². The second-order valence-corrected chi connectivity index (χ2v) is 4.02. The van der Waals surface area contributed by atoms with Crippen LogP contribution in [0.1, 0.15) is 22.8 Å². The summed E-state index contributed by atoms with van der Waals surface area (Å²) in [5, 5.41) is 11.8. The monoisotopic (exact) mass is 250 g/mol. The zero-order valence-corrected chi connectivity index (χ0v) is 10.6. The predicted molar refractivity (Wildman–Crippen MR) is 68.4 cm³/mol. The number of nitrogens with zero attached hydrogens (tertiary/aromatic N) is 1. The minimum atomic E-state index is -0.946. The van der Waals surface area contributed by atoms with Crippen LogP contribution in [0.4, 0.5) is 0 Å². The van der Waals surface area contributed by atoms with Gasteiger partial charge in [-0.05, 0) is 24.6 Å². The quantitative estimate of drug-likeness (QED) is 0.788. The molecule has 0 bridgehead atoms. The number of hydrogen-bond acceptors (Lipinski definition) is 3. The molecule has 1 aromatic carbocycles. The van der Waals surface area contributed by atoms with E-state index in [1.165, 1.54) is 0 Å². The van der Waals surface area contributed by atoms with Crippen molar-refractivity contribution >= 4 is 11.9 Å². The molecule has 2 N–H and O–H groups in total. The molecular weight excluding hydrogens is 232 g/mol. The Labute approximate surface area is 106 Å². The highest BCUT2D eigenvalue weighted by Crippen LogP contribution is 2.04. The molecule has 0 saturated heterocycles. The van der Waals surface area contributed by atoms with Gasteiger partial charge in [0.05, 0.1) is 12.1 Å². The van der Waals surface area contributed by atoms with Gasteiger partial charge in [0.25, 0.3) is 0 Å². The minimum absolute atomic E-state index is 0.0203. The van der Waals surface area contributed by atoms with Gasteiger partial charge in [0.15, 0.2) is 0 Å². The molecule has 1 amide bonds. The summed E-state index contributed by atoms with van der Waals surface area (Å²) in [4.78, 5) is 23.9. The molecule has 18 heavy (non-hydrogen) atoms. The Bertz CT molecular complexity index is 432. The molecule has 1 rings (SSSR count). The predicted octanol–water partition coefficient (Wildman–Crippen LogP) is 0.953. The van der Waals surface area contributed by atoms with E-state index in [4.69, 9.17) is 5.11 Å². The van der Waals surface area contributed by atoms with Gasteiger partial charge in [0.2, 0.25) is 5.91 Å². The molecule has 0 heterocycles. The number of hydrogen-bond donors (Lipinski definition) is 2. The number of amides is 1. The van der Waals surface area contributed by atoms with Crippen LogP contribution in [-0.4, -0.2) is 42.0 Å². The summed E-state index contributed by atoms with van der Waals surface area (Å²) in [5.41, 5.74) is 1.10. The normalized spacial score (nSPS) is 10.1. The van der Waals surface area contributed by atoms with Crippen LogP contribution in [0, 0.1) is 0 Å². The van der Waals surface area contributed by atoms with Crippen molar-refractivity contribution in [3.63, 3.8) is 0 Å². The van der Waals surface area contributed by atoms with Crippen molar-refractivity contribution in [1.29, 1.82) is 0 Å². The minimum Gasteiger partial charge on any atom is -0.478 e. The zero-order chi connectivity index (χ0) is 13.5. The largest absolute Gasteiger partial charge is 0.478 e. The lowest BCUT2D eigenvalue weighted by atomic mass is 10.1. The van der Waals surface area contributed by atoms with Crippen molar-refractivity contribution in [1.82, 2.24) is 10.2 Å². The van der Waals surface area contributed by atoms with Crippen molar-refractivity contribution in [2.75, 3.05) is 20.1 Å². The number of likely N-dealkylation sites (N-methyl/N-ethyl adjacent to an activating group) is 1. The van der Waals surface area contributed by atoms with Crippen LogP contribution < -0.4 is 5.32 Å². The van der Waals surface area contributed by atoms with Crippen molar-refractivity contribution in [3.8, 4) is 0 Å². The molecule has 0 aliphatic heterocycles.